The predicted molar refractivity (Wildman–Crippen MR) is 93.6 cm³/mol. The standard InChI is InChI=1S/C19H20F2O3S/c1-24-15-5-2-13(3-6-15)11-25-18(8-9-18)19(23,12-22)16-7-4-14(20)10-17(16)21/h2-7,10,22-23H,8-9,11-12H2,1H3/t19-/m1/s1. The van der Waals surface area contributed by atoms with E-state index >= 15 is 0 Å². The molecule has 6 heteroatoms. The summed E-state index contributed by atoms with van der Waals surface area (Å²) in [6.45, 7) is -0.620. The van der Waals surface area contributed by atoms with Crippen molar-refractivity contribution in [2.45, 2.75) is 28.9 Å². The molecule has 1 aliphatic carbocycles. The summed E-state index contributed by atoms with van der Waals surface area (Å²) >= 11 is 1.48. The Morgan fingerprint density at radius 3 is 2.36 bits per heavy atom. The van der Waals surface area contributed by atoms with Gasteiger partial charge in [-0.2, -0.15) is 0 Å². The zero-order valence-electron chi connectivity index (χ0n) is 13.8. The topological polar surface area (TPSA) is 49.7 Å². The second-order valence-electron chi connectivity index (χ2n) is 6.27. The van der Waals surface area contributed by atoms with Gasteiger partial charge in [0, 0.05) is 17.4 Å². The zero-order valence-corrected chi connectivity index (χ0v) is 14.7. The molecule has 0 aliphatic heterocycles. The van der Waals surface area contributed by atoms with Gasteiger partial charge in [-0.1, -0.05) is 18.2 Å². The molecule has 0 amide bonds. The Morgan fingerprint density at radius 2 is 1.84 bits per heavy atom. The summed E-state index contributed by atoms with van der Waals surface area (Å²) in [6.07, 6.45) is 1.31. The lowest BCUT2D eigenvalue weighted by Crippen LogP contribution is -2.44. The first-order valence-electron chi connectivity index (χ1n) is 8.00. The predicted octanol–water partition coefficient (Wildman–Crippen LogP) is 3.62. The summed E-state index contributed by atoms with van der Waals surface area (Å²) in [4.78, 5) is 0. The van der Waals surface area contributed by atoms with E-state index in [1.807, 2.05) is 24.3 Å². The Kier molecular flexibility index (Phi) is 5.04. The lowest BCUT2D eigenvalue weighted by atomic mass is 9.88. The van der Waals surface area contributed by atoms with Gasteiger partial charge < -0.3 is 14.9 Å². The minimum absolute atomic E-state index is 0.0591. The van der Waals surface area contributed by atoms with E-state index in [2.05, 4.69) is 0 Å². The molecule has 0 radical (unpaired) electrons. The molecule has 0 heterocycles. The van der Waals surface area contributed by atoms with Gasteiger partial charge in [-0.15, -0.1) is 11.8 Å². The number of hydrogen-bond acceptors (Lipinski definition) is 4. The van der Waals surface area contributed by atoms with Crippen molar-refractivity contribution in [1.82, 2.24) is 0 Å². The fourth-order valence-corrected chi connectivity index (χ4v) is 4.47. The third kappa shape index (κ3) is 3.38. The Balaban J connectivity index is 1.81. The van der Waals surface area contributed by atoms with Crippen LogP contribution in [0.3, 0.4) is 0 Å². The summed E-state index contributed by atoms with van der Waals surface area (Å²) in [5.41, 5.74) is -0.768. The highest BCUT2D eigenvalue weighted by molar-refractivity contribution is 8.00. The molecule has 0 aromatic heterocycles. The van der Waals surface area contributed by atoms with Crippen molar-refractivity contribution in [1.29, 1.82) is 0 Å². The average molecular weight is 366 g/mol. The van der Waals surface area contributed by atoms with Gasteiger partial charge in [0.2, 0.25) is 0 Å². The molecule has 0 bridgehead atoms. The number of aliphatic hydroxyl groups excluding tert-OH is 1. The first kappa shape index (κ1) is 18.2. The van der Waals surface area contributed by atoms with E-state index in [4.69, 9.17) is 4.74 Å². The maximum Gasteiger partial charge on any atom is 0.132 e. The highest BCUT2D eigenvalue weighted by atomic mass is 32.2. The van der Waals surface area contributed by atoms with Crippen molar-refractivity contribution in [2.75, 3.05) is 13.7 Å². The van der Waals surface area contributed by atoms with E-state index in [9.17, 15) is 19.0 Å². The van der Waals surface area contributed by atoms with Gasteiger partial charge in [0.1, 0.15) is 23.0 Å². The van der Waals surface area contributed by atoms with Crippen LogP contribution in [0.2, 0.25) is 0 Å². The molecule has 3 nitrogen and oxygen atoms in total. The van der Waals surface area contributed by atoms with E-state index in [0.29, 0.717) is 18.6 Å². The van der Waals surface area contributed by atoms with Gasteiger partial charge >= 0.3 is 0 Å². The molecule has 2 aromatic carbocycles. The van der Waals surface area contributed by atoms with Crippen LogP contribution in [0.5, 0.6) is 5.75 Å². The van der Waals surface area contributed by atoms with E-state index in [1.54, 1.807) is 7.11 Å². The monoisotopic (exact) mass is 366 g/mol. The molecule has 1 atom stereocenters. The zero-order chi connectivity index (χ0) is 18.1. The fraction of sp³-hybridized carbons (Fsp3) is 0.368. The van der Waals surface area contributed by atoms with Crippen molar-refractivity contribution in [3.63, 3.8) is 0 Å². The lowest BCUT2D eigenvalue weighted by Gasteiger charge is -2.35. The Bertz CT molecular complexity index is 747. The summed E-state index contributed by atoms with van der Waals surface area (Å²) in [5.74, 6) is -0.185. The molecule has 1 aliphatic rings. The van der Waals surface area contributed by atoms with Crippen LogP contribution in [-0.2, 0) is 11.4 Å². The van der Waals surface area contributed by atoms with E-state index < -0.39 is 28.6 Å². The average Bonchev–Trinajstić information content (AvgIpc) is 3.41. The summed E-state index contributed by atoms with van der Waals surface area (Å²) in [6, 6.07) is 10.6. The highest BCUT2D eigenvalue weighted by Gasteiger charge is 2.60. The van der Waals surface area contributed by atoms with Crippen LogP contribution >= 0.6 is 11.8 Å². The van der Waals surface area contributed by atoms with Crippen LogP contribution in [0.4, 0.5) is 8.78 Å². The van der Waals surface area contributed by atoms with Crippen LogP contribution in [0.1, 0.15) is 24.0 Å². The molecule has 0 spiro atoms. The molecule has 0 unspecified atom stereocenters. The third-order valence-corrected chi connectivity index (χ3v) is 6.51. The van der Waals surface area contributed by atoms with E-state index in [0.717, 1.165) is 23.4 Å². The third-order valence-electron chi connectivity index (χ3n) is 4.74. The second-order valence-corrected chi connectivity index (χ2v) is 7.63. The molecule has 25 heavy (non-hydrogen) atoms. The number of methoxy groups -OCH3 is 1. The van der Waals surface area contributed by atoms with Crippen molar-refractivity contribution in [3.05, 3.63) is 65.2 Å². The highest BCUT2D eigenvalue weighted by Crippen LogP contribution is 2.60. The minimum atomic E-state index is -1.75. The van der Waals surface area contributed by atoms with Gasteiger partial charge in [0.05, 0.1) is 18.5 Å². The van der Waals surface area contributed by atoms with Crippen molar-refractivity contribution < 1.29 is 23.7 Å². The molecule has 1 saturated carbocycles. The number of thioether (sulfide) groups is 1. The van der Waals surface area contributed by atoms with Crippen LogP contribution < -0.4 is 4.74 Å². The number of halogens is 2. The van der Waals surface area contributed by atoms with Crippen LogP contribution in [-0.4, -0.2) is 28.7 Å². The van der Waals surface area contributed by atoms with Crippen molar-refractivity contribution in [3.8, 4) is 5.75 Å². The normalized spacial score (nSPS) is 17.8. The number of ether oxygens (including phenoxy) is 1. The molecule has 1 fully saturated rings. The van der Waals surface area contributed by atoms with Gasteiger partial charge in [0.25, 0.3) is 0 Å². The molecular weight excluding hydrogens is 346 g/mol. The maximum atomic E-state index is 14.2. The summed E-state index contributed by atoms with van der Waals surface area (Å²) in [5, 5.41) is 20.9. The van der Waals surface area contributed by atoms with E-state index in [1.165, 1.54) is 17.8 Å². The smallest absolute Gasteiger partial charge is 0.132 e. The lowest BCUT2D eigenvalue weighted by molar-refractivity contribution is -0.0300. The minimum Gasteiger partial charge on any atom is -0.497 e. The molecule has 0 saturated heterocycles. The van der Waals surface area contributed by atoms with Gasteiger partial charge in [-0.25, -0.2) is 8.78 Å². The molecular formula is C19H20F2O3S. The van der Waals surface area contributed by atoms with Gasteiger partial charge in [-0.05, 0) is 36.6 Å². The number of benzene rings is 2. The van der Waals surface area contributed by atoms with Gasteiger partial charge in [-0.3, -0.25) is 0 Å². The first-order valence-corrected chi connectivity index (χ1v) is 8.98. The maximum absolute atomic E-state index is 14.2. The summed E-state index contributed by atoms with van der Waals surface area (Å²) in [7, 11) is 1.60. The fourth-order valence-electron chi connectivity index (χ4n) is 3.03. The van der Waals surface area contributed by atoms with Crippen LogP contribution in [0, 0.1) is 11.6 Å². The second kappa shape index (κ2) is 6.94. The molecule has 2 aromatic rings. The Morgan fingerprint density at radius 1 is 1.16 bits per heavy atom. The Hall–Kier alpha value is -1.63. The molecule has 134 valence electrons. The van der Waals surface area contributed by atoms with Crippen LogP contribution in [0.25, 0.3) is 0 Å². The van der Waals surface area contributed by atoms with Crippen molar-refractivity contribution in [2.24, 2.45) is 0 Å². The molecule has 3 rings (SSSR count). The van der Waals surface area contributed by atoms with Crippen LogP contribution in [0.15, 0.2) is 42.5 Å². The molecule has 2 N–H and O–H groups in total. The summed E-state index contributed by atoms with van der Waals surface area (Å²) < 4.78 is 31.8. The van der Waals surface area contributed by atoms with Gasteiger partial charge in [0.15, 0.2) is 0 Å². The van der Waals surface area contributed by atoms with Crippen molar-refractivity contribution >= 4 is 11.8 Å². The Labute approximate surface area is 149 Å². The number of aliphatic hydroxyl groups is 2. The number of hydrogen-bond donors (Lipinski definition) is 2. The van der Waals surface area contributed by atoms with E-state index in [-0.39, 0.29) is 5.56 Å². The number of rotatable bonds is 7. The quantitative estimate of drug-likeness (QED) is 0.786. The first-order chi connectivity index (χ1) is 11.9. The largest absolute Gasteiger partial charge is 0.497 e. The SMILES string of the molecule is COc1ccc(CSC2([C@@](O)(CO)c3ccc(F)cc3F)CC2)cc1.